The lowest BCUT2D eigenvalue weighted by Crippen LogP contribution is -2.07. The van der Waals surface area contributed by atoms with E-state index in [2.05, 4.69) is 10.1 Å². The average molecular weight is 342 g/mol. The molecule has 1 aliphatic rings. The van der Waals surface area contributed by atoms with Crippen LogP contribution in [0.15, 0.2) is 36.7 Å². The third-order valence-corrected chi connectivity index (χ3v) is 4.66. The molecule has 1 fully saturated rings. The topological polar surface area (TPSA) is 56.5 Å². The van der Waals surface area contributed by atoms with E-state index in [0.29, 0.717) is 22.4 Å². The van der Waals surface area contributed by atoms with Gasteiger partial charge in [-0.3, -0.25) is 9.78 Å². The molecule has 1 saturated carbocycles. The van der Waals surface area contributed by atoms with Crippen LogP contribution in [0, 0.1) is 0 Å². The Kier molecular flexibility index (Phi) is 3.73. The van der Waals surface area contributed by atoms with Crippen LogP contribution in [0.5, 0.6) is 5.88 Å². The van der Waals surface area contributed by atoms with Crippen molar-refractivity contribution in [2.24, 2.45) is 0 Å². The number of carbonyl (C=O) groups excluding carboxylic acids is 1. The lowest BCUT2D eigenvalue weighted by molar-refractivity contribution is 0.0994. The Hall–Kier alpha value is -2.40. The van der Waals surface area contributed by atoms with Crippen molar-refractivity contribution in [3.05, 3.63) is 58.5 Å². The number of fused-ring (bicyclic) bond motifs is 1. The highest BCUT2D eigenvalue weighted by Gasteiger charge is 2.28. The Morgan fingerprint density at radius 3 is 2.92 bits per heavy atom. The second-order valence-corrected chi connectivity index (χ2v) is 6.40. The zero-order chi connectivity index (χ0) is 16.7. The molecular weight excluding hydrogens is 326 g/mol. The van der Waals surface area contributed by atoms with Crippen LogP contribution in [0.25, 0.3) is 5.52 Å². The monoisotopic (exact) mass is 341 g/mol. The van der Waals surface area contributed by atoms with Crippen LogP contribution in [0.1, 0.15) is 40.4 Å². The average Bonchev–Trinajstić information content (AvgIpc) is 3.34. The van der Waals surface area contributed by atoms with Gasteiger partial charge in [-0.1, -0.05) is 11.6 Å². The number of halogens is 1. The van der Waals surface area contributed by atoms with Gasteiger partial charge in [0.2, 0.25) is 5.88 Å². The zero-order valence-corrected chi connectivity index (χ0v) is 14.0. The Balaban J connectivity index is 1.75. The highest BCUT2D eigenvalue weighted by Crippen LogP contribution is 2.40. The van der Waals surface area contributed by atoms with Gasteiger partial charge in [-0.05, 0) is 36.6 Å². The van der Waals surface area contributed by atoms with Gasteiger partial charge in [-0.2, -0.15) is 5.10 Å². The van der Waals surface area contributed by atoms with E-state index in [1.807, 2.05) is 6.07 Å². The molecule has 3 heterocycles. The molecule has 24 heavy (non-hydrogen) atoms. The van der Waals surface area contributed by atoms with Gasteiger partial charge in [0, 0.05) is 36.4 Å². The lowest BCUT2D eigenvalue weighted by Gasteiger charge is -2.08. The number of hydrogen-bond acceptors (Lipinski definition) is 4. The standard InChI is InChI=1S/C18H16ClN3O2/c1-24-18-5-4-13(16-9-15(11-2-3-11)21-22(16)18)17(23)8-12-6-7-20-10-14(12)19/h4-7,9-11H,2-3,8H2,1H3. The molecule has 0 unspecified atom stereocenters. The van der Waals surface area contributed by atoms with Crippen molar-refractivity contribution < 1.29 is 9.53 Å². The fourth-order valence-corrected chi connectivity index (χ4v) is 3.04. The van der Waals surface area contributed by atoms with E-state index in [9.17, 15) is 4.79 Å². The minimum atomic E-state index is -0.00185. The van der Waals surface area contributed by atoms with Crippen molar-refractivity contribution >= 4 is 22.9 Å². The number of carbonyl (C=O) groups is 1. The molecule has 0 spiro atoms. The number of aromatic nitrogens is 3. The maximum atomic E-state index is 12.8. The first-order chi connectivity index (χ1) is 11.7. The minimum absolute atomic E-state index is 0.00185. The summed E-state index contributed by atoms with van der Waals surface area (Å²) >= 11 is 6.12. The molecule has 0 N–H and O–H groups in total. The quantitative estimate of drug-likeness (QED) is 0.664. The summed E-state index contributed by atoms with van der Waals surface area (Å²) in [6.07, 6.45) is 5.73. The summed E-state index contributed by atoms with van der Waals surface area (Å²) in [5.41, 5.74) is 3.21. The van der Waals surface area contributed by atoms with Crippen molar-refractivity contribution in [3.63, 3.8) is 0 Å². The highest BCUT2D eigenvalue weighted by atomic mass is 35.5. The number of nitrogens with zero attached hydrogens (tertiary/aromatic N) is 3. The predicted octanol–water partition coefficient (Wildman–Crippen LogP) is 3.69. The maximum Gasteiger partial charge on any atom is 0.214 e. The Labute approximate surface area is 144 Å². The van der Waals surface area contributed by atoms with E-state index in [4.69, 9.17) is 16.3 Å². The van der Waals surface area contributed by atoms with Crippen LogP contribution >= 0.6 is 11.6 Å². The van der Waals surface area contributed by atoms with Gasteiger partial charge in [0.15, 0.2) is 5.78 Å². The van der Waals surface area contributed by atoms with E-state index < -0.39 is 0 Å². The normalized spacial score (nSPS) is 14.1. The van der Waals surface area contributed by atoms with Gasteiger partial charge < -0.3 is 4.74 Å². The second-order valence-electron chi connectivity index (χ2n) is 6.00. The van der Waals surface area contributed by atoms with E-state index in [-0.39, 0.29) is 12.2 Å². The molecule has 0 bridgehead atoms. The molecule has 4 rings (SSSR count). The van der Waals surface area contributed by atoms with Crippen LogP contribution in [0.4, 0.5) is 0 Å². The van der Waals surface area contributed by atoms with E-state index >= 15 is 0 Å². The number of ketones is 1. The number of rotatable bonds is 5. The van der Waals surface area contributed by atoms with Gasteiger partial charge in [-0.15, -0.1) is 0 Å². The molecule has 5 nitrogen and oxygen atoms in total. The van der Waals surface area contributed by atoms with Crippen molar-refractivity contribution in [1.82, 2.24) is 14.6 Å². The molecule has 0 saturated heterocycles. The first kappa shape index (κ1) is 15.1. The van der Waals surface area contributed by atoms with Crippen molar-refractivity contribution in [3.8, 4) is 5.88 Å². The molecule has 0 radical (unpaired) electrons. The van der Waals surface area contributed by atoms with E-state index in [0.717, 1.165) is 29.6 Å². The number of ether oxygens (including phenoxy) is 1. The van der Waals surface area contributed by atoms with Crippen molar-refractivity contribution in [1.29, 1.82) is 0 Å². The third kappa shape index (κ3) is 2.65. The van der Waals surface area contributed by atoms with Gasteiger partial charge in [0.05, 0.1) is 23.3 Å². The fraction of sp³-hybridized carbons (Fsp3) is 0.278. The van der Waals surface area contributed by atoms with Gasteiger partial charge >= 0.3 is 0 Å². The fourth-order valence-electron chi connectivity index (χ4n) is 2.85. The van der Waals surface area contributed by atoms with Gasteiger partial charge in [-0.25, -0.2) is 4.52 Å². The Morgan fingerprint density at radius 2 is 2.21 bits per heavy atom. The molecule has 0 aliphatic heterocycles. The number of pyridine rings is 2. The molecule has 122 valence electrons. The largest absolute Gasteiger partial charge is 0.481 e. The van der Waals surface area contributed by atoms with Gasteiger partial charge in [0.1, 0.15) is 0 Å². The minimum Gasteiger partial charge on any atom is -0.481 e. The Bertz CT molecular complexity index is 931. The van der Waals surface area contributed by atoms with Crippen molar-refractivity contribution in [2.75, 3.05) is 7.11 Å². The number of methoxy groups -OCH3 is 1. The molecule has 0 aromatic carbocycles. The summed E-state index contributed by atoms with van der Waals surface area (Å²) in [7, 11) is 1.60. The summed E-state index contributed by atoms with van der Waals surface area (Å²) in [5, 5.41) is 5.12. The molecule has 6 heteroatoms. The molecule has 0 atom stereocenters. The molecule has 1 aliphatic carbocycles. The van der Waals surface area contributed by atoms with Crippen LogP contribution in [-0.2, 0) is 6.42 Å². The first-order valence-corrected chi connectivity index (χ1v) is 8.23. The predicted molar refractivity (Wildman–Crippen MR) is 91.0 cm³/mol. The summed E-state index contributed by atoms with van der Waals surface area (Å²) < 4.78 is 7.09. The second kappa shape index (κ2) is 5.91. The number of Topliss-reactive ketones (excluding diaryl/α,β-unsaturated/α-hetero) is 1. The molecule has 3 aromatic rings. The van der Waals surface area contributed by atoms with Crippen molar-refractivity contribution in [2.45, 2.75) is 25.2 Å². The lowest BCUT2D eigenvalue weighted by atomic mass is 10.0. The smallest absolute Gasteiger partial charge is 0.214 e. The highest BCUT2D eigenvalue weighted by molar-refractivity contribution is 6.31. The van der Waals surface area contributed by atoms with Crippen LogP contribution < -0.4 is 4.74 Å². The van der Waals surface area contributed by atoms with E-state index in [1.54, 1.807) is 42.2 Å². The summed E-state index contributed by atoms with van der Waals surface area (Å²) in [6.45, 7) is 0. The molecular formula is C18H16ClN3O2. The Morgan fingerprint density at radius 1 is 1.38 bits per heavy atom. The maximum absolute atomic E-state index is 12.8. The number of hydrogen-bond donors (Lipinski definition) is 0. The SMILES string of the molecule is COc1ccc(C(=O)Cc2ccncc2Cl)c2cc(C3CC3)nn12. The zero-order valence-electron chi connectivity index (χ0n) is 13.2. The summed E-state index contributed by atoms with van der Waals surface area (Å²) in [4.78, 5) is 16.8. The van der Waals surface area contributed by atoms with Gasteiger partial charge in [0.25, 0.3) is 0 Å². The molecule has 0 amide bonds. The van der Waals surface area contributed by atoms with Crippen LogP contribution in [0.2, 0.25) is 5.02 Å². The van der Waals surface area contributed by atoms with Crippen LogP contribution in [-0.4, -0.2) is 27.5 Å². The van der Waals surface area contributed by atoms with E-state index in [1.165, 1.54) is 0 Å². The van der Waals surface area contributed by atoms with Crippen LogP contribution in [0.3, 0.4) is 0 Å². The third-order valence-electron chi connectivity index (χ3n) is 4.32. The molecule has 3 aromatic heterocycles. The summed E-state index contributed by atoms with van der Waals surface area (Å²) in [5.74, 6) is 1.13. The summed E-state index contributed by atoms with van der Waals surface area (Å²) in [6, 6.07) is 7.34. The first-order valence-electron chi connectivity index (χ1n) is 7.85.